The molecule has 1 N–H and O–H groups in total. The van der Waals surface area contributed by atoms with Crippen LogP contribution in [0.1, 0.15) is 22.3 Å². The smallest absolute Gasteiger partial charge is 0.277 e. The zero-order valence-corrected chi connectivity index (χ0v) is 15.2. The normalized spacial score (nSPS) is 10.2. The van der Waals surface area contributed by atoms with Gasteiger partial charge in [0.15, 0.2) is 0 Å². The van der Waals surface area contributed by atoms with E-state index >= 15 is 0 Å². The van der Waals surface area contributed by atoms with Crippen LogP contribution in [-0.4, -0.2) is 40.7 Å². The molecule has 2 amide bonds. The zero-order valence-electron chi connectivity index (χ0n) is 15.2. The number of hydrogen-bond donors (Lipinski definition) is 1. The number of aryl methyl sites for hydroxylation is 1. The lowest BCUT2D eigenvalue weighted by molar-refractivity contribution is -0.394. The number of anilines is 1. The van der Waals surface area contributed by atoms with Gasteiger partial charge in [0.1, 0.15) is 0 Å². The van der Waals surface area contributed by atoms with Crippen LogP contribution in [0.4, 0.5) is 17.1 Å². The third kappa shape index (κ3) is 5.34. The summed E-state index contributed by atoms with van der Waals surface area (Å²) in [5.41, 5.74) is 0.0445. The minimum absolute atomic E-state index is 0.00430. The number of nitro groups is 2. The number of carbonyl (C=O) groups is 2. The SMILES string of the molecule is CN(C)C(=O)CCc1ccc(NC(=O)c2cc([N+](=O)[O-])cc([N+](=O)[O-])c2)cc1. The summed E-state index contributed by atoms with van der Waals surface area (Å²) in [6.45, 7) is 0. The molecule has 0 unspecified atom stereocenters. The summed E-state index contributed by atoms with van der Waals surface area (Å²) in [5, 5.41) is 24.4. The van der Waals surface area contributed by atoms with Crippen molar-refractivity contribution in [1.82, 2.24) is 4.90 Å². The van der Waals surface area contributed by atoms with Gasteiger partial charge in [0.25, 0.3) is 17.3 Å². The van der Waals surface area contributed by atoms with E-state index in [1.54, 1.807) is 38.4 Å². The van der Waals surface area contributed by atoms with E-state index in [2.05, 4.69) is 5.32 Å². The van der Waals surface area contributed by atoms with Crippen LogP contribution in [0.25, 0.3) is 0 Å². The lowest BCUT2D eigenvalue weighted by atomic mass is 10.1. The molecule has 0 spiro atoms. The molecule has 2 aromatic rings. The van der Waals surface area contributed by atoms with E-state index in [1.165, 1.54) is 4.90 Å². The molecule has 0 heterocycles. The third-order valence-electron chi connectivity index (χ3n) is 3.92. The van der Waals surface area contributed by atoms with Crippen molar-refractivity contribution in [3.8, 4) is 0 Å². The molecule has 2 aromatic carbocycles. The lowest BCUT2D eigenvalue weighted by Crippen LogP contribution is -2.21. The van der Waals surface area contributed by atoms with Crippen molar-refractivity contribution in [3.63, 3.8) is 0 Å². The largest absolute Gasteiger partial charge is 0.349 e. The Morgan fingerprint density at radius 3 is 1.96 bits per heavy atom. The van der Waals surface area contributed by atoms with Crippen LogP contribution < -0.4 is 5.32 Å². The first-order valence-corrected chi connectivity index (χ1v) is 8.21. The molecule has 0 radical (unpaired) electrons. The van der Waals surface area contributed by atoms with Gasteiger partial charge in [-0.3, -0.25) is 29.8 Å². The van der Waals surface area contributed by atoms with Gasteiger partial charge in [0, 0.05) is 38.3 Å². The van der Waals surface area contributed by atoms with Gasteiger partial charge in [0.05, 0.1) is 21.5 Å². The van der Waals surface area contributed by atoms with Crippen molar-refractivity contribution >= 4 is 28.9 Å². The number of rotatable bonds is 7. The van der Waals surface area contributed by atoms with Crippen LogP contribution >= 0.6 is 0 Å². The van der Waals surface area contributed by atoms with Crippen molar-refractivity contribution in [3.05, 3.63) is 73.8 Å². The predicted octanol–water partition coefficient (Wildman–Crippen LogP) is 2.78. The molecule has 146 valence electrons. The summed E-state index contributed by atoms with van der Waals surface area (Å²) in [4.78, 5) is 45.7. The summed E-state index contributed by atoms with van der Waals surface area (Å²) in [6, 6.07) is 9.48. The highest BCUT2D eigenvalue weighted by atomic mass is 16.6. The molecular weight excluding hydrogens is 368 g/mol. The average molecular weight is 386 g/mol. The van der Waals surface area contributed by atoms with E-state index in [4.69, 9.17) is 0 Å². The number of non-ortho nitro benzene ring substituents is 2. The molecule has 28 heavy (non-hydrogen) atoms. The molecule has 0 aliphatic carbocycles. The number of benzene rings is 2. The number of nitrogens with one attached hydrogen (secondary N) is 1. The molecule has 0 saturated carbocycles. The van der Waals surface area contributed by atoms with Crippen LogP contribution in [0.5, 0.6) is 0 Å². The van der Waals surface area contributed by atoms with E-state index in [0.717, 1.165) is 23.8 Å². The maximum Gasteiger partial charge on any atom is 0.277 e. The standard InChI is InChI=1S/C18H18N4O6/c1-20(2)17(23)8-5-12-3-6-14(7-4-12)19-18(24)13-9-15(21(25)26)11-16(10-13)22(27)28/h3-4,6-7,9-11H,5,8H2,1-2H3,(H,19,24). The van der Waals surface area contributed by atoms with Crippen LogP contribution in [0.3, 0.4) is 0 Å². The van der Waals surface area contributed by atoms with E-state index < -0.39 is 27.1 Å². The van der Waals surface area contributed by atoms with Crippen molar-refractivity contribution in [2.24, 2.45) is 0 Å². The van der Waals surface area contributed by atoms with E-state index in [0.29, 0.717) is 18.5 Å². The van der Waals surface area contributed by atoms with Gasteiger partial charge in [-0.1, -0.05) is 12.1 Å². The molecule has 10 nitrogen and oxygen atoms in total. The van der Waals surface area contributed by atoms with Crippen LogP contribution in [0, 0.1) is 20.2 Å². The number of hydrogen-bond acceptors (Lipinski definition) is 6. The van der Waals surface area contributed by atoms with Gasteiger partial charge in [-0.2, -0.15) is 0 Å². The molecule has 10 heteroatoms. The predicted molar refractivity (Wildman–Crippen MR) is 101 cm³/mol. The highest BCUT2D eigenvalue weighted by molar-refractivity contribution is 6.05. The Labute approximate surface area is 160 Å². The minimum atomic E-state index is -0.798. The molecule has 2 rings (SSSR count). The number of nitro benzene ring substituents is 2. The Balaban J connectivity index is 2.11. The van der Waals surface area contributed by atoms with Gasteiger partial charge in [-0.25, -0.2) is 0 Å². The number of amides is 2. The molecule has 0 saturated heterocycles. The maximum absolute atomic E-state index is 12.3. The van der Waals surface area contributed by atoms with Gasteiger partial charge in [-0.05, 0) is 24.1 Å². The molecule has 0 fully saturated rings. The van der Waals surface area contributed by atoms with Crippen molar-refractivity contribution < 1.29 is 19.4 Å². The monoisotopic (exact) mass is 386 g/mol. The Bertz CT molecular complexity index is 892. The molecule has 0 aliphatic rings. The lowest BCUT2D eigenvalue weighted by Gasteiger charge is -2.10. The summed E-state index contributed by atoms with van der Waals surface area (Å²) in [7, 11) is 3.36. The summed E-state index contributed by atoms with van der Waals surface area (Å²) < 4.78 is 0. The minimum Gasteiger partial charge on any atom is -0.349 e. The highest BCUT2D eigenvalue weighted by Gasteiger charge is 2.20. The number of carbonyl (C=O) groups excluding carboxylic acids is 2. The van der Waals surface area contributed by atoms with Crippen molar-refractivity contribution in [2.75, 3.05) is 19.4 Å². The fraction of sp³-hybridized carbons (Fsp3) is 0.222. The van der Waals surface area contributed by atoms with E-state index in [9.17, 15) is 29.8 Å². The second-order valence-electron chi connectivity index (χ2n) is 6.19. The number of nitrogens with zero attached hydrogens (tertiary/aromatic N) is 3. The summed E-state index contributed by atoms with van der Waals surface area (Å²) >= 11 is 0. The molecule has 0 atom stereocenters. The highest BCUT2D eigenvalue weighted by Crippen LogP contribution is 2.23. The second kappa shape index (κ2) is 8.71. The molecular formula is C18H18N4O6. The third-order valence-corrected chi connectivity index (χ3v) is 3.92. The van der Waals surface area contributed by atoms with Gasteiger partial charge < -0.3 is 10.2 Å². The Kier molecular flexibility index (Phi) is 6.38. The fourth-order valence-electron chi connectivity index (χ4n) is 2.37. The van der Waals surface area contributed by atoms with Gasteiger partial charge >= 0.3 is 0 Å². The van der Waals surface area contributed by atoms with Crippen molar-refractivity contribution in [1.29, 1.82) is 0 Å². The van der Waals surface area contributed by atoms with Gasteiger partial charge in [0.2, 0.25) is 5.91 Å². The molecule has 0 bridgehead atoms. The van der Waals surface area contributed by atoms with E-state index in [1.807, 2.05) is 0 Å². The summed E-state index contributed by atoms with van der Waals surface area (Å²) in [6.07, 6.45) is 0.901. The molecule has 0 aliphatic heterocycles. The quantitative estimate of drug-likeness (QED) is 0.574. The Morgan fingerprint density at radius 1 is 0.964 bits per heavy atom. The van der Waals surface area contributed by atoms with Crippen LogP contribution in [0.2, 0.25) is 0 Å². The zero-order chi connectivity index (χ0) is 20.8. The second-order valence-corrected chi connectivity index (χ2v) is 6.19. The first kappa shape index (κ1) is 20.5. The first-order valence-electron chi connectivity index (χ1n) is 8.21. The van der Waals surface area contributed by atoms with Crippen molar-refractivity contribution in [2.45, 2.75) is 12.8 Å². The van der Waals surface area contributed by atoms with Gasteiger partial charge in [-0.15, -0.1) is 0 Å². The topological polar surface area (TPSA) is 136 Å². The van der Waals surface area contributed by atoms with Crippen LogP contribution in [-0.2, 0) is 11.2 Å². The van der Waals surface area contributed by atoms with E-state index in [-0.39, 0.29) is 11.5 Å². The van der Waals surface area contributed by atoms with Crippen LogP contribution in [0.15, 0.2) is 42.5 Å². The Hall–Kier alpha value is -3.82. The fourth-order valence-corrected chi connectivity index (χ4v) is 2.37. The summed E-state index contributed by atoms with van der Waals surface area (Å²) in [5.74, 6) is -0.702. The average Bonchev–Trinajstić information content (AvgIpc) is 2.66. The first-order chi connectivity index (χ1) is 13.2. The Morgan fingerprint density at radius 2 is 1.50 bits per heavy atom. The maximum atomic E-state index is 12.3. The molecule has 0 aromatic heterocycles.